The molecule has 1 aliphatic carbocycles. The van der Waals surface area contributed by atoms with Gasteiger partial charge in [-0.25, -0.2) is 4.99 Å². The predicted octanol–water partition coefficient (Wildman–Crippen LogP) is 1.71. The molecule has 6 rings (SSSR count). The highest BCUT2D eigenvalue weighted by molar-refractivity contribution is 7.98. The lowest BCUT2D eigenvalue weighted by Crippen LogP contribution is -2.51. The van der Waals surface area contributed by atoms with Crippen LogP contribution in [0.5, 0.6) is 0 Å². The molecule has 1 unspecified atom stereocenters. The van der Waals surface area contributed by atoms with Gasteiger partial charge in [-0.3, -0.25) is 4.90 Å². The molecule has 0 aromatic carbocycles. The Labute approximate surface area is 163 Å². The van der Waals surface area contributed by atoms with Gasteiger partial charge < -0.3 is 14.4 Å². The fourth-order valence-corrected chi connectivity index (χ4v) is 6.60. The molecule has 5 aliphatic rings. The smallest absolute Gasteiger partial charge is 0.215 e. The number of aliphatic imine (C=N–C) groups is 1. The molecule has 6 heteroatoms. The third kappa shape index (κ3) is 2.12. The van der Waals surface area contributed by atoms with Gasteiger partial charge in [0, 0.05) is 35.0 Å². The molecule has 1 saturated heterocycles. The fraction of sp³-hybridized carbons (Fsp3) is 0.571. The van der Waals surface area contributed by atoms with E-state index in [1.165, 1.54) is 54.1 Å². The van der Waals surface area contributed by atoms with Crippen molar-refractivity contribution in [2.24, 2.45) is 10.4 Å². The molecule has 2 N–H and O–H groups in total. The molecule has 0 radical (unpaired) electrons. The maximum Gasteiger partial charge on any atom is 0.215 e. The van der Waals surface area contributed by atoms with Gasteiger partial charge in [0.1, 0.15) is 0 Å². The zero-order valence-electron chi connectivity index (χ0n) is 15.7. The van der Waals surface area contributed by atoms with Crippen molar-refractivity contribution in [3.05, 3.63) is 27.9 Å². The average molecular weight is 383 g/mol. The third-order valence-electron chi connectivity index (χ3n) is 7.22. The maximum atomic E-state index is 9.98. The van der Waals surface area contributed by atoms with Crippen LogP contribution in [-0.4, -0.2) is 39.1 Å². The lowest BCUT2D eigenvalue weighted by molar-refractivity contribution is 0.0268. The Morgan fingerprint density at radius 3 is 3.04 bits per heavy atom. The number of fused-ring (bicyclic) bond motifs is 3. The summed E-state index contributed by atoms with van der Waals surface area (Å²) in [4.78, 5) is 7.24. The Bertz CT molecular complexity index is 1010. The number of nitrogens with one attached hydrogen (secondary N) is 1. The van der Waals surface area contributed by atoms with Crippen LogP contribution in [0.25, 0.3) is 17.8 Å². The number of rotatable bonds is 2. The van der Waals surface area contributed by atoms with Crippen LogP contribution in [0.1, 0.15) is 56.3 Å². The normalized spacial score (nSPS) is 33.9. The summed E-state index contributed by atoms with van der Waals surface area (Å²) in [5, 5.41) is 12.8. The molecule has 27 heavy (non-hydrogen) atoms. The maximum absolute atomic E-state index is 9.98. The molecule has 0 saturated carbocycles. The van der Waals surface area contributed by atoms with Crippen LogP contribution >= 0.6 is 11.9 Å². The first-order valence-electron chi connectivity index (χ1n) is 10.3. The molecule has 5 nitrogen and oxygen atoms in total. The lowest BCUT2D eigenvalue weighted by atomic mass is 9.66. The Hall–Kier alpha value is -1.50. The van der Waals surface area contributed by atoms with Gasteiger partial charge >= 0.3 is 0 Å². The minimum absolute atomic E-state index is 0.169. The second-order valence-corrected chi connectivity index (χ2v) is 9.28. The van der Waals surface area contributed by atoms with Crippen LogP contribution in [0.15, 0.2) is 11.1 Å². The van der Waals surface area contributed by atoms with E-state index in [4.69, 9.17) is 0 Å². The monoisotopic (exact) mass is 382 g/mol. The summed E-state index contributed by atoms with van der Waals surface area (Å²) in [7, 11) is 0. The number of hydrogen-bond acceptors (Lipinski definition) is 5. The summed E-state index contributed by atoms with van der Waals surface area (Å²) in [5.41, 5.74) is 3.69. The summed E-state index contributed by atoms with van der Waals surface area (Å²) in [5.74, 6) is 0.834. The van der Waals surface area contributed by atoms with E-state index in [0.717, 1.165) is 37.2 Å². The van der Waals surface area contributed by atoms with Crippen molar-refractivity contribution < 1.29 is 5.11 Å². The van der Waals surface area contributed by atoms with Gasteiger partial charge in [0.2, 0.25) is 5.56 Å². The van der Waals surface area contributed by atoms with Crippen molar-refractivity contribution in [3.8, 4) is 0 Å². The van der Waals surface area contributed by atoms with E-state index < -0.39 is 5.56 Å². The van der Waals surface area contributed by atoms with Crippen LogP contribution < -0.4 is 15.3 Å². The molecular weight excluding hydrogens is 356 g/mol. The highest BCUT2D eigenvalue weighted by Crippen LogP contribution is 2.54. The molecule has 0 spiro atoms. The van der Waals surface area contributed by atoms with E-state index in [0.29, 0.717) is 6.04 Å². The third-order valence-corrected chi connectivity index (χ3v) is 7.84. The molecule has 3 atom stereocenters. The summed E-state index contributed by atoms with van der Waals surface area (Å²) in [6.07, 6.45) is 14.4. The molecule has 4 aliphatic heterocycles. The van der Waals surface area contributed by atoms with Gasteiger partial charge in [-0.05, 0) is 61.9 Å². The van der Waals surface area contributed by atoms with Gasteiger partial charge in [0.25, 0.3) is 0 Å². The number of nitrogens with zero attached hydrogens (tertiary/aromatic N) is 3. The van der Waals surface area contributed by atoms with Gasteiger partial charge in [-0.1, -0.05) is 19.1 Å². The number of aromatic nitrogens is 1. The molecule has 1 fully saturated rings. The van der Waals surface area contributed by atoms with Gasteiger partial charge in [-0.2, -0.15) is 0 Å². The zero-order valence-corrected chi connectivity index (χ0v) is 16.6. The van der Waals surface area contributed by atoms with Crippen LogP contribution in [0, 0.1) is 5.41 Å². The molecule has 0 amide bonds. The standard InChI is InChI=1S/C21H26N4OS/c1-2-21-9-5-10-24-11-8-14-13-6-3-4-7-15(13)25(17(14)18(21)24)16(12-21)19-22-20(26)27-23-19/h6-7,12,18,20,26H,2-5,8-11H2,1H3,(H,22,23)/t18-,20?,21+/m1/s1. The fourth-order valence-electron chi connectivity index (χ4n) is 6.07. The molecule has 1 aromatic heterocycles. The van der Waals surface area contributed by atoms with E-state index in [1.807, 2.05) is 0 Å². The SMILES string of the molecule is CC[C@@]12C=C(C3=NC(O)SN3)n3c4c(c5c3=CCCC=5)CCN(CCC1)[C@H]42. The quantitative estimate of drug-likeness (QED) is 0.765. The summed E-state index contributed by atoms with van der Waals surface area (Å²) >= 11 is 1.29. The minimum Gasteiger partial charge on any atom is -0.362 e. The minimum atomic E-state index is -0.711. The van der Waals surface area contributed by atoms with Crippen LogP contribution in [0.3, 0.4) is 0 Å². The van der Waals surface area contributed by atoms with E-state index in [1.54, 1.807) is 5.56 Å². The van der Waals surface area contributed by atoms with Gasteiger partial charge in [0.15, 0.2) is 5.84 Å². The Morgan fingerprint density at radius 2 is 2.22 bits per heavy atom. The van der Waals surface area contributed by atoms with Crippen molar-refractivity contribution in [3.63, 3.8) is 0 Å². The van der Waals surface area contributed by atoms with E-state index in [2.05, 4.69) is 44.3 Å². The Kier molecular flexibility index (Phi) is 3.51. The number of aliphatic hydroxyl groups is 1. The zero-order chi connectivity index (χ0) is 18.2. The molecule has 5 heterocycles. The first-order chi connectivity index (χ1) is 13.2. The Balaban J connectivity index is 1.70. The van der Waals surface area contributed by atoms with Gasteiger partial charge in [0.05, 0.1) is 11.7 Å². The summed E-state index contributed by atoms with van der Waals surface area (Å²) in [6, 6.07) is 0.482. The number of hydrogen-bond donors (Lipinski definition) is 2. The second kappa shape index (κ2) is 5.75. The summed E-state index contributed by atoms with van der Waals surface area (Å²) in [6.45, 7) is 4.74. The van der Waals surface area contributed by atoms with E-state index in [-0.39, 0.29) is 5.41 Å². The van der Waals surface area contributed by atoms with Crippen molar-refractivity contribution in [1.29, 1.82) is 0 Å². The first kappa shape index (κ1) is 16.5. The van der Waals surface area contributed by atoms with Crippen molar-refractivity contribution >= 4 is 35.6 Å². The predicted molar refractivity (Wildman–Crippen MR) is 110 cm³/mol. The number of amidine groups is 1. The van der Waals surface area contributed by atoms with Crippen LogP contribution in [0.2, 0.25) is 0 Å². The number of piperidine rings is 1. The Morgan fingerprint density at radius 1 is 1.33 bits per heavy atom. The topological polar surface area (TPSA) is 52.8 Å². The van der Waals surface area contributed by atoms with Gasteiger partial charge in [-0.15, -0.1) is 0 Å². The largest absolute Gasteiger partial charge is 0.362 e. The molecule has 0 bridgehead atoms. The molecule has 142 valence electrons. The van der Waals surface area contributed by atoms with Crippen molar-refractivity contribution in [2.75, 3.05) is 13.1 Å². The van der Waals surface area contributed by atoms with E-state index in [9.17, 15) is 5.11 Å². The highest BCUT2D eigenvalue weighted by atomic mass is 32.2. The summed E-state index contributed by atoms with van der Waals surface area (Å²) < 4.78 is 5.78. The second-order valence-electron chi connectivity index (χ2n) is 8.42. The first-order valence-corrected chi connectivity index (χ1v) is 11.2. The lowest BCUT2D eigenvalue weighted by Gasteiger charge is -2.53. The molecule has 1 aromatic rings. The van der Waals surface area contributed by atoms with Crippen LogP contribution in [-0.2, 0) is 6.42 Å². The molecular formula is C21H26N4OS. The van der Waals surface area contributed by atoms with Crippen molar-refractivity contribution in [2.45, 2.75) is 57.1 Å². The average Bonchev–Trinajstić information content (AvgIpc) is 3.28. The van der Waals surface area contributed by atoms with E-state index >= 15 is 0 Å². The van der Waals surface area contributed by atoms with Crippen LogP contribution in [0.4, 0.5) is 0 Å². The highest BCUT2D eigenvalue weighted by Gasteiger charge is 2.50. The number of aliphatic hydroxyl groups excluding tert-OH is 1. The van der Waals surface area contributed by atoms with Crippen molar-refractivity contribution in [1.82, 2.24) is 14.2 Å².